The van der Waals surface area contributed by atoms with Crippen LogP contribution >= 0.6 is 0 Å². The average molecular weight is 270 g/mol. The fourth-order valence-corrected chi connectivity index (χ4v) is 2.50. The molecule has 0 aromatic carbocycles. The van der Waals surface area contributed by atoms with Gasteiger partial charge in [-0.2, -0.15) is 0 Å². The Kier molecular flexibility index (Phi) is 7.48. The second-order valence-corrected chi connectivity index (χ2v) is 5.19. The maximum Gasteiger partial charge on any atom is 0.319 e. The van der Waals surface area contributed by atoms with Gasteiger partial charge in [-0.15, -0.1) is 0 Å². The molecule has 1 fully saturated rings. The lowest BCUT2D eigenvalue weighted by atomic mass is 9.95. The van der Waals surface area contributed by atoms with E-state index in [-0.39, 0.29) is 25.0 Å². The molecule has 19 heavy (non-hydrogen) atoms. The lowest BCUT2D eigenvalue weighted by molar-refractivity contribution is -0.142. The lowest BCUT2D eigenvalue weighted by Crippen LogP contribution is -2.44. The number of methoxy groups -OCH3 is 1. The zero-order chi connectivity index (χ0) is 14.1. The number of rotatable bonds is 7. The van der Waals surface area contributed by atoms with Crippen molar-refractivity contribution >= 4 is 11.9 Å². The molecule has 110 valence electrons. The van der Waals surface area contributed by atoms with Crippen molar-refractivity contribution in [3.63, 3.8) is 0 Å². The molecule has 0 atom stereocenters. The summed E-state index contributed by atoms with van der Waals surface area (Å²) >= 11 is 0. The molecular formula is C14H26N2O3. The Balaban J connectivity index is 2.34. The van der Waals surface area contributed by atoms with Crippen molar-refractivity contribution in [2.24, 2.45) is 0 Å². The van der Waals surface area contributed by atoms with E-state index in [1.807, 2.05) is 11.8 Å². The molecule has 1 N–H and O–H groups in total. The van der Waals surface area contributed by atoms with Crippen LogP contribution in [0.5, 0.6) is 0 Å². The van der Waals surface area contributed by atoms with Crippen molar-refractivity contribution in [1.29, 1.82) is 0 Å². The number of hydrogen-bond donors (Lipinski definition) is 1. The minimum Gasteiger partial charge on any atom is -0.468 e. The van der Waals surface area contributed by atoms with Gasteiger partial charge >= 0.3 is 5.97 Å². The van der Waals surface area contributed by atoms with Gasteiger partial charge in [0.05, 0.1) is 20.2 Å². The van der Waals surface area contributed by atoms with Crippen molar-refractivity contribution in [3.05, 3.63) is 0 Å². The number of nitrogens with zero attached hydrogens (tertiary/aromatic N) is 1. The van der Waals surface area contributed by atoms with Gasteiger partial charge in [0.25, 0.3) is 0 Å². The number of hydrogen-bond acceptors (Lipinski definition) is 4. The standard InChI is InChI=1S/C14H26N2O3/c1-3-9-16(11-14(18)19-2)10-13(17)15-12-7-5-4-6-8-12/h12H,3-11H2,1-2H3,(H,15,17). The highest BCUT2D eigenvalue weighted by Crippen LogP contribution is 2.17. The van der Waals surface area contributed by atoms with E-state index >= 15 is 0 Å². The fourth-order valence-electron chi connectivity index (χ4n) is 2.50. The number of nitrogens with one attached hydrogen (secondary N) is 1. The molecular weight excluding hydrogens is 244 g/mol. The van der Waals surface area contributed by atoms with Gasteiger partial charge in [-0.3, -0.25) is 14.5 Å². The highest BCUT2D eigenvalue weighted by Gasteiger charge is 2.18. The van der Waals surface area contributed by atoms with E-state index < -0.39 is 0 Å². The molecule has 1 rings (SSSR count). The smallest absolute Gasteiger partial charge is 0.319 e. The van der Waals surface area contributed by atoms with Gasteiger partial charge in [0, 0.05) is 6.04 Å². The summed E-state index contributed by atoms with van der Waals surface area (Å²) in [5, 5.41) is 3.07. The van der Waals surface area contributed by atoms with Crippen molar-refractivity contribution in [2.75, 3.05) is 26.7 Å². The van der Waals surface area contributed by atoms with Crippen LogP contribution in [0.1, 0.15) is 45.4 Å². The first kappa shape index (κ1) is 16.0. The fraction of sp³-hybridized carbons (Fsp3) is 0.857. The Hall–Kier alpha value is -1.10. The van der Waals surface area contributed by atoms with Gasteiger partial charge in [-0.25, -0.2) is 0 Å². The van der Waals surface area contributed by atoms with Crippen molar-refractivity contribution in [3.8, 4) is 0 Å². The molecule has 0 bridgehead atoms. The molecule has 1 amide bonds. The molecule has 5 nitrogen and oxygen atoms in total. The van der Waals surface area contributed by atoms with Crippen LogP contribution in [-0.4, -0.2) is 49.6 Å². The first-order valence-electron chi connectivity index (χ1n) is 7.24. The van der Waals surface area contributed by atoms with E-state index in [1.54, 1.807) is 0 Å². The van der Waals surface area contributed by atoms with Crippen LogP contribution in [0.4, 0.5) is 0 Å². The Morgan fingerprint density at radius 2 is 1.89 bits per heavy atom. The molecule has 0 saturated heterocycles. The molecule has 0 aromatic rings. The zero-order valence-corrected chi connectivity index (χ0v) is 12.1. The maximum atomic E-state index is 12.0. The van der Waals surface area contributed by atoms with E-state index in [4.69, 9.17) is 0 Å². The number of esters is 1. The van der Waals surface area contributed by atoms with Gasteiger partial charge < -0.3 is 10.1 Å². The molecule has 0 aromatic heterocycles. The summed E-state index contributed by atoms with van der Waals surface area (Å²) in [6.45, 7) is 3.22. The van der Waals surface area contributed by atoms with Crippen LogP contribution in [0.15, 0.2) is 0 Å². The van der Waals surface area contributed by atoms with Crippen LogP contribution in [0.25, 0.3) is 0 Å². The molecule has 5 heteroatoms. The van der Waals surface area contributed by atoms with Crippen LogP contribution in [0, 0.1) is 0 Å². The predicted molar refractivity (Wildman–Crippen MR) is 73.8 cm³/mol. The first-order chi connectivity index (χ1) is 9.15. The molecule has 1 saturated carbocycles. The number of carbonyl (C=O) groups is 2. The lowest BCUT2D eigenvalue weighted by Gasteiger charge is -2.25. The summed E-state index contributed by atoms with van der Waals surface area (Å²) < 4.78 is 4.65. The normalized spacial score (nSPS) is 16.4. The molecule has 1 aliphatic rings. The highest BCUT2D eigenvalue weighted by atomic mass is 16.5. The second-order valence-electron chi connectivity index (χ2n) is 5.19. The SMILES string of the molecule is CCCN(CC(=O)NC1CCCCC1)CC(=O)OC. The summed E-state index contributed by atoms with van der Waals surface area (Å²) in [6, 6.07) is 0.322. The van der Waals surface area contributed by atoms with Gasteiger partial charge in [-0.1, -0.05) is 26.2 Å². The zero-order valence-electron chi connectivity index (χ0n) is 12.1. The molecule has 0 spiro atoms. The predicted octanol–water partition coefficient (Wildman–Crippen LogP) is 1.32. The van der Waals surface area contributed by atoms with E-state index in [9.17, 15) is 9.59 Å². The van der Waals surface area contributed by atoms with E-state index in [0.717, 1.165) is 25.8 Å². The van der Waals surface area contributed by atoms with E-state index in [1.165, 1.54) is 26.4 Å². The minimum atomic E-state index is -0.293. The summed E-state index contributed by atoms with van der Waals surface area (Å²) in [5.74, 6) is -0.275. The largest absolute Gasteiger partial charge is 0.468 e. The average Bonchev–Trinajstić information content (AvgIpc) is 2.39. The van der Waals surface area contributed by atoms with Gasteiger partial charge in [0.15, 0.2) is 0 Å². The van der Waals surface area contributed by atoms with Crippen molar-refractivity contribution in [1.82, 2.24) is 10.2 Å². The van der Waals surface area contributed by atoms with E-state index in [0.29, 0.717) is 6.04 Å². The van der Waals surface area contributed by atoms with Crippen LogP contribution in [-0.2, 0) is 14.3 Å². The Morgan fingerprint density at radius 1 is 1.21 bits per heavy atom. The van der Waals surface area contributed by atoms with Gasteiger partial charge in [-0.05, 0) is 25.8 Å². The summed E-state index contributed by atoms with van der Waals surface area (Å²) in [7, 11) is 1.37. The molecule has 0 heterocycles. The third kappa shape index (κ3) is 6.57. The number of amides is 1. The van der Waals surface area contributed by atoms with Crippen LogP contribution in [0.2, 0.25) is 0 Å². The molecule has 0 unspecified atom stereocenters. The van der Waals surface area contributed by atoms with Crippen LogP contribution < -0.4 is 5.32 Å². The number of carbonyl (C=O) groups excluding carboxylic acids is 2. The molecule has 1 aliphatic carbocycles. The van der Waals surface area contributed by atoms with Crippen molar-refractivity contribution < 1.29 is 14.3 Å². The molecule has 0 radical (unpaired) electrons. The monoisotopic (exact) mass is 270 g/mol. The van der Waals surface area contributed by atoms with E-state index in [2.05, 4.69) is 10.1 Å². The Bertz CT molecular complexity index is 288. The molecule has 0 aliphatic heterocycles. The maximum absolute atomic E-state index is 12.0. The first-order valence-corrected chi connectivity index (χ1v) is 7.24. The number of ether oxygens (including phenoxy) is 1. The topological polar surface area (TPSA) is 58.6 Å². The highest BCUT2D eigenvalue weighted by molar-refractivity contribution is 5.79. The van der Waals surface area contributed by atoms with Gasteiger partial charge in [0.2, 0.25) is 5.91 Å². The second kappa shape index (κ2) is 8.91. The minimum absolute atomic E-state index is 0.0178. The van der Waals surface area contributed by atoms with Gasteiger partial charge in [0.1, 0.15) is 0 Å². The summed E-state index contributed by atoms with van der Waals surface area (Å²) in [5.41, 5.74) is 0. The summed E-state index contributed by atoms with van der Waals surface area (Å²) in [6.07, 6.45) is 6.75. The third-order valence-electron chi connectivity index (χ3n) is 3.46. The van der Waals surface area contributed by atoms with Crippen molar-refractivity contribution in [2.45, 2.75) is 51.5 Å². The summed E-state index contributed by atoms with van der Waals surface area (Å²) in [4.78, 5) is 25.1. The van der Waals surface area contributed by atoms with Crippen LogP contribution in [0.3, 0.4) is 0 Å². The Labute approximate surface area is 115 Å². The Morgan fingerprint density at radius 3 is 2.47 bits per heavy atom. The quantitative estimate of drug-likeness (QED) is 0.709. The third-order valence-corrected chi connectivity index (χ3v) is 3.46.